The highest BCUT2D eigenvalue weighted by atomic mass is 16.5. The van der Waals surface area contributed by atoms with E-state index in [0.29, 0.717) is 17.9 Å². The Balaban J connectivity index is 1.59. The van der Waals surface area contributed by atoms with E-state index in [1.807, 2.05) is 31.2 Å². The number of ether oxygens (including phenoxy) is 1. The highest BCUT2D eigenvalue weighted by molar-refractivity contribution is 5.91. The molecule has 2 heterocycles. The van der Waals surface area contributed by atoms with Gasteiger partial charge < -0.3 is 15.0 Å². The van der Waals surface area contributed by atoms with E-state index in [4.69, 9.17) is 4.74 Å². The Bertz CT molecular complexity index is 976. The molecule has 0 atom stereocenters. The molecule has 0 radical (unpaired) electrons. The van der Waals surface area contributed by atoms with Crippen molar-refractivity contribution in [2.75, 3.05) is 45.7 Å². The third-order valence-corrected chi connectivity index (χ3v) is 5.81. The number of nitrogens with one attached hydrogen (secondary N) is 1. The predicted molar refractivity (Wildman–Crippen MR) is 133 cm³/mol. The first kappa shape index (κ1) is 24.6. The molecule has 7 nitrogen and oxygen atoms in total. The maximum absolute atomic E-state index is 12.6. The zero-order valence-electron chi connectivity index (χ0n) is 20.2. The number of carbonyl (C=O) groups excluding carboxylic acids is 1. The third kappa shape index (κ3) is 7.51. The first-order chi connectivity index (χ1) is 16.0. The number of amides is 1. The third-order valence-electron chi connectivity index (χ3n) is 5.81. The van der Waals surface area contributed by atoms with Crippen molar-refractivity contribution in [2.45, 2.75) is 33.2 Å². The molecule has 0 saturated carbocycles. The summed E-state index contributed by atoms with van der Waals surface area (Å²) in [6, 6.07) is 10.1. The van der Waals surface area contributed by atoms with E-state index in [2.05, 4.69) is 51.2 Å². The topological polar surface area (TPSA) is 70.6 Å². The van der Waals surface area contributed by atoms with Gasteiger partial charge in [-0.25, -0.2) is 9.97 Å². The molecule has 1 aliphatic heterocycles. The quantitative estimate of drug-likeness (QED) is 0.464. The molecule has 0 spiro atoms. The van der Waals surface area contributed by atoms with Gasteiger partial charge in [0.15, 0.2) is 0 Å². The lowest BCUT2D eigenvalue weighted by Crippen LogP contribution is -2.43. The molecule has 1 fully saturated rings. The van der Waals surface area contributed by atoms with Crippen LogP contribution in [-0.2, 0) is 22.5 Å². The van der Waals surface area contributed by atoms with Gasteiger partial charge in [-0.3, -0.25) is 9.69 Å². The van der Waals surface area contributed by atoms with Crippen molar-refractivity contribution in [2.24, 2.45) is 0 Å². The molecule has 1 N–H and O–H groups in total. The number of piperazine rings is 1. The molecule has 1 aliphatic rings. The fourth-order valence-corrected chi connectivity index (χ4v) is 3.70. The molecule has 1 aromatic heterocycles. The summed E-state index contributed by atoms with van der Waals surface area (Å²) in [5.41, 5.74) is 3.83. The van der Waals surface area contributed by atoms with Gasteiger partial charge in [-0.05, 0) is 31.5 Å². The molecular weight excluding hydrogens is 414 g/mol. The number of methoxy groups -OCH3 is 1. The second-order valence-electron chi connectivity index (χ2n) is 8.39. The Kier molecular flexibility index (Phi) is 9.15. The van der Waals surface area contributed by atoms with Gasteiger partial charge in [0.2, 0.25) is 5.91 Å². The average molecular weight is 450 g/mol. The number of hydrogen-bond acceptors (Lipinski definition) is 6. The van der Waals surface area contributed by atoms with Crippen molar-refractivity contribution in [3.8, 4) is 0 Å². The average Bonchev–Trinajstić information content (AvgIpc) is 2.82. The lowest BCUT2D eigenvalue weighted by Gasteiger charge is -2.32. The van der Waals surface area contributed by atoms with Crippen molar-refractivity contribution in [1.82, 2.24) is 19.8 Å². The fraction of sp³-hybridized carbons (Fsp3) is 0.423. The van der Waals surface area contributed by atoms with E-state index in [1.165, 1.54) is 11.9 Å². The summed E-state index contributed by atoms with van der Waals surface area (Å²) in [6.07, 6.45) is 6.69. The van der Waals surface area contributed by atoms with Crippen molar-refractivity contribution in [3.63, 3.8) is 0 Å². The van der Waals surface area contributed by atoms with E-state index in [1.54, 1.807) is 13.2 Å². The Hall–Kier alpha value is -3.03. The molecule has 1 amide bonds. The summed E-state index contributed by atoms with van der Waals surface area (Å²) in [6.45, 7) is 9.32. The largest absolute Gasteiger partial charge is 0.501 e. The first-order valence-electron chi connectivity index (χ1n) is 11.5. The second-order valence-corrected chi connectivity index (χ2v) is 8.39. The minimum atomic E-state index is -0.107. The van der Waals surface area contributed by atoms with Crippen LogP contribution >= 0.6 is 0 Å². The van der Waals surface area contributed by atoms with Crippen LogP contribution in [-0.4, -0.2) is 66.0 Å². The number of nitrogens with zero attached hydrogens (tertiary/aromatic N) is 4. The van der Waals surface area contributed by atoms with Crippen LogP contribution in [0.1, 0.15) is 37.1 Å². The number of rotatable bonds is 9. The number of anilines is 1. The maximum Gasteiger partial charge on any atom is 0.229 e. The fourth-order valence-electron chi connectivity index (χ4n) is 3.70. The van der Waals surface area contributed by atoms with E-state index < -0.39 is 0 Å². The Morgan fingerprint density at radius 2 is 1.82 bits per heavy atom. The van der Waals surface area contributed by atoms with Gasteiger partial charge >= 0.3 is 0 Å². The molecule has 33 heavy (non-hydrogen) atoms. The molecule has 1 saturated heterocycles. The van der Waals surface area contributed by atoms with Crippen LogP contribution < -0.4 is 5.32 Å². The number of allylic oxidation sites excluding steroid dienone is 4. The van der Waals surface area contributed by atoms with Gasteiger partial charge in [-0.1, -0.05) is 43.3 Å². The van der Waals surface area contributed by atoms with Crippen molar-refractivity contribution < 1.29 is 9.53 Å². The second kappa shape index (κ2) is 12.3. The van der Waals surface area contributed by atoms with Crippen LogP contribution in [0.15, 0.2) is 54.6 Å². The van der Waals surface area contributed by atoms with Crippen molar-refractivity contribution >= 4 is 17.3 Å². The molecule has 0 unspecified atom stereocenters. The standard InChI is InChI=1S/C26H35N5O2/c1-5-6-7-23(20(2)33-4)24-17-25(28-19-27-24)29-26(32)16-21-8-10-22(11-9-21)18-31-14-12-30(3)13-15-31/h6-11,17,19H,5,12-16,18H2,1-4H3,(H,27,28,29,32)/b7-6-,23-20-. The summed E-state index contributed by atoms with van der Waals surface area (Å²) >= 11 is 0. The predicted octanol–water partition coefficient (Wildman–Crippen LogP) is 3.75. The molecule has 2 aromatic rings. The SMILES string of the molecule is CC/C=C\C(=C(/C)OC)c1cc(NC(=O)Cc2ccc(CN3CCN(C)CC3)cc2)ncn1. The molecule has 0 aliphatic carbocycles. The number of benzene rings is 1. The van der Waals surface area contributed by atoms with Crippen molar-refractivity contribution in [3.05, 3.63) is 71.4 Å². The normalized spacial score (nSPS) is 16.0. The van der Waals surface area contributed by atoms with E-state index >= 15 is 0 Å². The lowest BCUT2D eigenvalue weighted by atomic mass is 10.1. The summed E-state index contributed by atoms with van der Waals surface area (Å²) in [4.78, 5) is 26.0. The molecule has 7 heteroatoms. The number of hydrogen-bond donors (Lipinski definition) is 1. The number of carbonyl (C=O) groups is 1. The van der Waals surface area contributed by atoms with Crippen LogP contribution in [0.2, 0.25) is 0 Å². The molecular formula is C26H35N5O2. The summed E-state index contributed by atoms with van der Waals surface area (Å²) in [5.74, 6) is 1.12. The van der Waals surface area contributed by atoms with Crippen LogP contribution in [0, 0.1) is 0 Å². The Morgan fingerprint density at radius 1 is 1.12 bits per heavy atom. The molecule has 176 valence electrons. The molecule has 3 rings (SSSR count). The van der Waals surface area contributed by atoms with Gasteiger partial charge in [0, 0.05) is 44.4 Å². The van der Waals surface area contributed by atoms with Gasteiger partial charge in [-0.2, -0.15) is 0 Å². The highest BCUT2D eigenvalue weighted by Gasteiger charge is 2.14. The molecule has 0 bridgehead atoms. The Labute approximate surface area is 197 Å². The van der Waals surface area contributed by atoms with Crippen molar-refractivity contribution in [1.29, 1.82) is 0 Å². The van der Waals surface area contributed by atoms with Crippen LogP contribution in [0.4, 0.5) is 5.82 Å². The van der Waals surface area contributed by atoms with Gasteiger partial charge in [0.05, 0.1) is 19.2 Å². The number of aromatic nitrogens is 2. The minimum Gasteiger partial charge on any atom is -0.501 e. The summed E-state index contributed by atoms with van der Waals surface area (Å²) < 4.78 is 5.40. The Morgan fingerprint density at radius 3 is 2.48 bits per heavy atom. The maximum atomic E-state index is 12.6. The number of likely N-dealkylation sites (N-methyl/N-ethyl adjacent to an activating group) is 1. The highest BCUT2D eigenvalue weighted by Crippen LogP contribution is 2.21. The van der Waals surface area contributed by atoms with E-state index in [0.717, 1.165) is 56.0 Å². The van der Waals surface area contributed by atoms with E-state index in [-0.39, 0.29) is 5.91 Å². The zero-order valence-corrected chi connectivity index (χ0v) is 20.2. The molecule has 1 aromatic carbocycles. The van der Waals surface area contributed by atoms with Gasteiger partial charge in [-0.15, -0.1) is 0 Å². The monoisotopic (exact) mass is 449 g/mol. The minimum absolute atomic E-state index is 0.107. The summed E-state index contributed by atoms with van der Waals surface area (Å²) in [5, 5.41) is 2.89. The van der Waals surface area contributed by atoms with E-state index in [9.17, 15) is 4.79 Å². The summed E-state index contributed by atoms with van der Waals surface area (Å²) in [7, 11) is 3.80. The van der Waals surface area contributed by atoms with Crippen LogP contribution in [0.3, 0.4) is 0 Å². The van der Waals surface area contributed by atoms with Gasteiger partial charge in [0.1, 0.15) is 17.9 Å². The zero-order chi connectivity index (χ0) is 23.6. The first-order valence-corrected chi connectivity index (χ1v) is 11.5. The van der Waals surface area contributed by atoms with Crippen LogP contribution in [0.5, 0.6) is 0 Å². The smallest absolute Gasteiger partial charge is 0.229 e. The van der Waals surface area contributed by atoms with Gasteiger partial charge in [0.25, 0.3) is 0 Å². The lowest BCUT2D eigenvalue weighted by molar-refractivity contribution is -0.115. The van der Waals surface area contributed by atoms with Crippen LogP contribution in [0.25, 0.3) is 5.57 Å².